The number of alkyl halides is 2. The average molecular weight is 331 g/mol. The lowest BCUT2D eigenvalue weighted by molar-refractivity contribution is 0.150. The summed E-state index contributed by atoms with van der Waals surface area (Å²) in [7, 11) is 0.809. The number of rotatable bonds is 2. The summed E-state index contributed by atoms with van der Waals surface area (Å²) in [6.45, 7) is 0. The Kier molecular flexibility index (Phi) is 3.88. The predicted molar refractivity (Wildman–Crippen MR) is 56.9 cm³/mol. The molecule has 0 aliphatic heterocycles. The Morgan fingerprint density at radius 3 is 2.38 bits per heavy atom. The molecule has 0 aromatic heterocycles. The average Bonchev–Trinajstić information content (AvgIpc) is 2.14. The maximum absolute atomic E-state index is 12.6. The molecule has 0 amide bonds. The summed E-state index contributed by atoms with van der Waals surface area (Å²) in [6.07, 6.45) is -2.95. The summed E-state index contributed by atoms with van der Waals surface area (Å²) in [4.78, 5) is -0.624. The Hall–Kier alpha value is -0.710. The van der Waals surface area contributed by atoms with Crippen LogP contribution in [-0.4, -0.2) is 8.42 Å². The van der Waals surface area contributed by atoms with E-state index in [9.17, 15) is 17.2 Å². The highest BCUT2D eigenvalue weighted by atomic mass is 79.9. The molecule has 1 rings (SSSR count). The lowest BCUT2D eigenvalue weighted by Gasteiger charge is -2.07. The Bertz CT molecular complexity index is 568. The fourth-order valence-electron chi connectivity index (χ4n) is 1.09. The third-order valence-corrected chi connectivity index (χ3v) is 3.51. The van der Waals surface area contributed by atoms with Crippen molar-refractivity contribution >= 4 is 35.7 Å². The maximum Gasteiger partial charge on any atom is 0.265 e. The molecule has 16 heavy (non-hydrogen) atoms. The van der Waals surface area contributed by atoms with Gasteiger partial charge in [0.05, 0.1) is 5.56 Å². The molecule has 0 saturated carbocycles. The predicted octanol–water partition coefficient (Wildman–Crippen LogP) is 3.19. The Morgan fingerprint density at radius 2 is 2.00 bits per heavy atom. The maximum atomic E-state index is 12.6. The van der Waals surface area contributed by atoms with Gasteiger partial charge in [-0.15, -0.1) is 0 Å². The van der Waals surface area contributed by atoms with Gasteiger partial charge in [-0.3, -0.25) is 0 Å². The van der Waals surface area contributed by atoms with Gasteiger partial charge in [-0.05, 0) is 12.1 Å². The molecule has 0 radical (unpaired) electrons. The summed E-state index contributed by atoms with van der Waals surface area (Å²) >= 11 is 2.87. The molecule has 1 aromatic rings. The second-order valence-electron chi connectivity index (χ2n) is 2.72. The molecular weight excluding hydrogens is 328 g/mol. The molecule has 0 bridgehead atoms. The van der Waals surface area contributed by atoms with Crippen LogP contribution >= 0.6 is 26.6 Å². The number of hydrogen-bond donors (Lipinski definition) is 0. The first-order valence-corrected chi connectivity index (χ1v) is 6.84. The summed E-state index contributed by atoms with van der Waals surface area (Å²) in [5, 5.41) is 8.68. The Balaban J connectivity index is 3.71. The smallest absolute Gasteiger partial charge is 0.207 e. The van der Waals surface area contributed by atoms with Crippen LogP contribution in [0.3, 0.4) is 0 Å². The summed E-state index contributed by atoms with van der Waals surface area (Å²) < 4.78 is 47.4. The van der Waals surface area contributed by atoms with Gasteiger partial charge in [-0.1, -0.05) is 15.9 Å². The van der Waals surface area contributed by atoms with Gasteiger partial charge in [0.1, 0.15) is 11.0 Å². The van der Waals surface area contributed by atoms with Gasteiger partial charge in [0.2, 0.25) is 0 Å². The van der Waals surface area contributed by atoms with E-state index in [1.807, 2.05) is 0 Å². The molecule has 0 unspecified atom stereocenters. The van der Waals surface area contributed by atoms with E-state index in [0.29, 0.717) is 0 Å². The normalized spacial score (nSPS) is 11.5. The van der Waals surface area contributed by atoms with Gasteiger partial charge in [-0.25, -0.2) is 17.2 Å². The molecule has 8 heteroatoms. The molecule has 0 N–H and O–H groups in total. The molecule has 0 aliphatic rings. The Morgan fingerprint density at radius 1 is 1.44 bits per heavy atom. The minimum absolute atomic E-state index is 0.112. The van der Waals surface area contributed by atoms with Crippen LogP contribution < -0.4 is 0 Å². The van der Waals surface area contributed by atoms with Crippen molar-refractivity contribution in [2.45, 2.75) is 11.3 Å². The van der Waals surface area contributed by atoms with Crippen molar-refractivity contribution in [2.24, 2.45) is 0 Å². The van der Waals surface area contributed by atoms with E-state index in [1.54, 1.807) is 0 Å². The molecule has 0 heterocycles. The first-order chi connectivity index (χ1) is 7.27. The van der Waals surface area contributed by atoms with Crippen LogP contribution in [0.4, 0.5) is 8.78 Å². The quantitative estimate of drug-likeness (QED) is 0.783. The van der Waals surface area contributed by atoms with Gasteiger partial charge >= 0.3 is 0 Å². The minimum atomic E-state index is -4.24. The standard InChI is InChI=1S/C8H3BrClF2NO2S/c9-4-1-5(8(11)12)6(3-13)7(2-4)16(10,14)15/h1-2,8H. The highest BCUT2D eigenvalue weighted by Crippen LogP contribution is 2.32. The monoisotopic (exact) mass is 329 g/mol. The third-order valence-electron chi connectivity index (χ3n) is 1.71. The molecule has 0 spiro atoms. The van der Waals surface area contributed by atoms with Crippen LogP contribution in [0.5, 0.6) is 0 Å². The van der Waals surface area contributed by atoms with Crippen molar-refractivity contribution in [2.75, 3.05) is 0 Å². The van der Waals surface area contributed by atoms with Gasteiger partial charge < -0.3 is 0 Å². The Labute approximate surface area is 103 Å². The van der Waals surface area contributed by atoms with Crippen molar-refractivity contribution < 1.29 is 17.2 Å². The van der Waals surface area contributed by atoms with Crippen LogP contribution in [0.25, 0.3) is 0 Å². The lowest BCUT2D eigenvalue weighted by atomic mass is 10.1. The van der Waals surface area contributed by atoms with E-state index < -0.39 is 31.5 Å². The van der Waals surface area contributed by atoms with E-state index >= 15 is 0 Å². The van der Waals surface area contributed by atoms with Crippen molar-refractivity contribution in [3.63, 3.8) is 0 Å². The number of nitriles is 1. The summed E-state index contributed by atoms with van der Waals surface area (Å²) in [5.74, 6) is 0. The van der Waals surface area contributed by atoms with Crippen molar-refractivity contribution in [1.82, 2.24) is 0 Å². The largest absolute Gasteiger partial charge is 0.265 e. The molecule has 0 aliphatic carbocycles. The van der Waals surface area contributed by atoms with Crippen LogP contribution in [0.1, 0.15) is 17.6 Å². The molecule has 0 atom stereocenters. The van der Waals surface area contributed by atoms with E-state index in [2.05, 4.69) is 15.9 Å². The summed E-state index contributed by atoms with van der Waals surface area (Å²) in [5.41, 5.74) is -1.30. The van der Waals surface area contributed by atoms with Gasteiger partial charge in [-0.2, -0.15) is 5.26 Å². The van der Waals surface area contributed by atoms with Crippen LogP contribution in [0.15, 0.2) is 21.5 Å². The van der Waals surface area contributed by atoms with Gasteiger partial charge in [0.25, 0.3) is 15.5 Å². The van der Waals surface area contributed by atoms with Crippen LogP contribution in [0, 0.1) is 11.3 Å². The minimum Gasteiger partial charge on any atom is -0.207 e. The van der Waals surface area contributed by atoms with Crippen LogP contribution in [0.2, 0.25) is 0 Å². The van der Waals surface area contributed by atoms with E-state index in [0.717, 1.165) is 12.1 Å². The van der Waals surface area contributed by atoms with E-state index in [4.69, 9.17) is 15.9 Å². The van der Waals surface area contributed by atoms with Crippen molar-refractivity contribution in [3.05, 3.63) is 27.7 Å². The van der Waals surface area contributed by atoms with Crippen molar-refractivity contribution in [1.29, 1.82) is 5.26 Å². The molecule has 0 fully saturated rings. The molecular formula is C8H3BrClF2NO2S. The first-order valence-electron chi connectivity index (χ1n) is 3.73. The molecule has 3 nitrogen and oxygen atoms in total. The molecule has 1 aromatic carbocycles. The second kappa shape index (κ2) is 4.65. The zero-order valence-corrected chi connectivity index (χ0v) is 10.6. The third kappa shape index (κ3) is 2.70. The van der Waals surface area contributed by atoms with Crippen molar-refractivity contribution in [3.8, 4) is 6.07 Å². The number of benzene rings is 1. The summed E-state index contributed by atoms with van der Waals surface area (Å²) in [6, 6.07) is 3.40. The highest BCUT2D eigenvalue weighted by molar-refractivity contribution is 9.10. The van der Waals surface area contributed by atoms with E-state index in [-0.39, 0.29) is 4.47 Å². The van der Waals surface area contributed by atoms with Gasteiger partial charge in [0.15, 0.2) is 0 Å². The molecule has 0 saturated heterocycles. The zero-order chi connectivity index (χ0) is 12.5. The highest BCUT2D eigenvalue weighted by Gasteiger charge is 2.23. The van der Waals surface area contributed by atoms with Crippen LogP contribution in [-0.2, 0) is 9.05 Å². The van der Waals surface area contributed by atoms with Gasteiger partial charge in [0, 0.05) is 20.7 Å². The number of nitrogens with zero attached hydrogens (tertiary/aromatic N) is 1. The topological polar surface area (TPSA) is 57.9 Å². The second-order valence-corrected chi connectivity index (χ2v) is 6.17. The number of halogens is 4. The SMILES string of the molecule is N#Cc1c(C(F)F)cc(Br)cc1S(=O)(=O)Cl. The molecule has 86 valence electrons. The lowest BCUT2D eigenvalue weighted by Crippen LogP contribution is -2.00. The fraction of sp³-hybridized carbons (Fsp3) is 0.125. The first kappa shape index (κ1) is 13.4. The number of hydrogen-bond acceptors (Lipinski definition) is 3. The fourth-order valence-corrected chi connectivity index (χ4v) is 2.75. The zero-order valence-electron chi connectivity index (χ0n) is 7.42. The van der Waals surface area contributed by atoms with E-state index in [1.165, 1.54) is 6.07 Å².